The van der Waals surface area contributed by atoms with E-state index in [0.29, 0.717) is 26.1 Å². The van der Waals surface area contributed by atoms with Crippen molar-refractivity contribution in [2.75, 3.05) is 14.2 Å². The van der Waals surface area contributed by atoms with Crippen molar-refractivity contribution in [2.45, 2.75) is 38.6 Å². The Bertz CT molecular complexity index is 883. The summed E-state index contributed by atoms with van der Waals surface area (Å²) >= 11 is 0. The quantitative estimate of drug-likeness (QED) is 0.652. The zero-order valence-electron chi connectivity index (χ0n) is 16.7. The number of carbonyl (C=O) groups is 2. The molecule has 0 saturated carbocycles. The fraction of sp³-hybridized carbons (Fsp3) is 0.364. The first-order chi connectivity index (χ1) is 14.0. The Hall–Kier alpha value is -3.06. The molecule has 0 saturated heterocycles. The van der Waals surface area contributed by atoms with Gasteiger partial charge in [0.05, 0.1) is 20.3 Å². The number of hydrogen-bond donors (Lipinski definition) is 1. The second-order valence-corrected chi connectivity index (χ2v) is 6.97. The predicted molar refractivity (Wildman–Crippen MR) is 107 cm³/mol. The molecule has 1 unspecified atom stereocenters. The third kappa shape index (κ3) is 5.06. The van der Waals surface area contributed by atoms with E-state index in [2.05, 4.69) is 4.74 Å². The van der Waals surface area contributed by atoms with Crippen LogP contribution in [-0.4, -0.2) is 37.0 Å². The van der Waals surface area contributed by atoms with Crippen LogP contribution in [0.4, 0.5) is 0 Å². The summed E-state index contributed by atoms with van der Waals surface area (Å²) in [6.45, 7) is 1.54. The van der Waals surface area contributed by atoms with Crippen molar-refractivity contribution in [3.8, 4) is 11.5 Å². The van der Waals surface area contributed by atoms with E-state index < -0.39 is 11.9 Å². The van der Waals surface area contributed by atoms with Gasteiger partial charge in [-0.1, -0.05) is 24.3 Å². The molecule has 7 nitrogen and oxygen atoms in total. The molecular formula is C22H26N2O5. The number of nitrogens with two attached hydrogens (primary N) is 1. The summed E-state index contributed by atoms with van der Waals surface area (Å²) in [6, 6.07) is 13.1. The van der Waals surface area contributed by atoms with Gasteiger partial charge in [0.2, 0.25) is 5.91 Å². The fourth-order valence-electron chi connectivity index (χ4n) is 3.56. The Morgan fingerprint density at radius 2 is 1.93 bits per heavy atom. The van der Waals surface area contributed by atoms with Crippen LogP contribution in [0.15, 0.2) is 42.5 Å². The number of fused-ring (bicyclic) bond motifs is 1. The molecule has 0 spiro atoms. The second kappa shape index (κ2) is 9.43. The average Bonchev–Trinajstić information content (AvgIpc) is 3.16. The maximum Gasteiger partial charge on any atom is 0.305 e. The molecule has 1 amide bonds. The maximum absolute atomic E-state index is 12.0. The van der Waals surface area contributed by atoms with Crippen LogP contribution in [0.3, 0.4) is 0 Å². The molecule has 2 aromatic rings. The van der Waals surface area contributed by atoms with Crippen LogP contribution >= 0.6 is 0 Å². The number of nitrogens with zero attached hydrogens (tertiary/aromatic N) is 1. The molecule has 2 aromatic carbocycles. The SMILES string of the molecule is COC(=O)CCC(C(N)=O)N1Cc2cccc(OCc3cccc(OC)c3)c2C1. The largest absolute Gasteiger partial charge is 0.497 e. The third-order valence-corrected chi connectivity index (χ3v) is 5.11. The van der Waals surface area contributed by atoms with Crippen LogP contribution in [0.1, 0.15) is 29.5 Å². The Kier molecular flexibility index (Phi) is 6.72. The number of benzene rings is 2. The molecule has 3 rings (SSSR count). The topological polar surface area (TPSA) is 91.1 Å². The van der Waals surface area contributed by atoms with Crippen LogP contribution in [0, 0.1) is 0 Å². The normalized spacial score (nSPS) is 14.1. The molecular weight excluding hydrogens is 372 g/mol. The molecule has 154 valence electrons. The number of hydrogen-bond acceptors (Lipinski definition) is 6. The van der Waals surface area contributed by atoms with E-state index in [1.807, 2.05) is 47.4 Å². The van der Waals surface area contributed by atoms with Gasteiger partial charge in [-0.25, -0.2) is 0 Å². The lowest BCUT2D eigenvalue weighted by molar-refractivity contribution is -0.141. The number of rotatable bonds is 9. The molecule has 1 heterocycles. The highest BCUT2D eigenvalue weighted by Crippen LogP contribution is 2.33. The highest BCUT2D eigenvalue weighted by Gasteiger charge is 2.31. The number of methoxy groups -OCH3 is 2. The number of ether oxygens (including phenoxy) is 3. The number of esters is 1. The lowest BCUT2D eigenvalue weighted by atomic mass is 10.1. The van der Waals surface area contributed by atoms with Gasteiger partial charge < -0.3 is 19.9 Å². The summed E-state index contributed by atoms with van der Waals surface area (Å²) < 4.78 is 16.0. The lowest BCUT2D eigenvalue weighted by Crippen LogP contribution is -2.42. The molecule has 1 atom stereocenters. The smallest absolute Gasteiger partial charge is 0.305 e. The molecule has 0 aromatic heterocycles. The average molecular weight is 398 g/mol. The third-order valence-electron chi connectivity index (χ3n) is 5.11. The van der Waals surface area contributed by atoms with Gasteiger partial charge in [0.25, 0.3) is 0 Å². The van der Waals surface area contributed by atoms with Gasteiger partial charge in [-0.3, -0.25) is 14.5 Å². The summed E-state index contributed by atoms with van der Waals surface area (Å²) in [6.07, 6.45) is 0.478. The molecule has 29 heavy (non-hydrogen) atoms. The van der Waals surface area contributed by atoms with Crippen molar-refractivity contribution in [1.82, 2.24) is 4.90 Å². The van der Waals surface area contributed by atoms with Crippen LogP contribution in [0.2, 0.25) is 0 Å². The van der Waals surface area contributed by atoms with E-state index in [1.165, 1.54) is 7.11 Å². The van der Waals surface area contributed by atoms with Gasteiger partial charge in [0.1, 0.15) is 18.1 Å². The van der Waals surface area contributed by atoms with Crippen LogP contribution in [0.5, 0.6) is 11.5 Å². The summed E-state index contributed by atoms with van der Waals surface area (Å²) in [7, 11) is 2.97. The maximum atomic E-state index is 12.0. The molecule has 0 radical (unpaired) electrons. The summed E-state index contributed by atoms with van der Waals surface area (Å²) in [5, 5.41) is 0. The fourth-order valence-corrected chi connectivity index (χ4v) is 3.56. The van der Waals surface area contributed by atoms with Crippen molar-refractivity contribution in [2.24, 2.45) is 5.73 Å². The van der Waals surface area contributed by atoms with E-state index in [9.17, 15) is 9.59 Å². The minimum absolute atomic E-state index is 0.149. The molecule has 0 bridgehead atoms. The van der Waals surface area contributed by atoms with Gasteiger partial charge in [0.15, 0.2) is 0 Å². The number of primary amides is 1. The zero-order valence-corrected chi connectivity index (χ0v) is 16.7. The van der Waals surface area contributed by atoms with Gasteiger partial charge in [-0.05, 0) is 35.7 Å². The molecule has 7 heteroatoms. The van der Waals surface area contributed by atoms with Crippen LogP contribution in [0.25, 0.3) is 0 Å². The van der Waals surface area contributed by atoms with Crippen molar-refractivity contribution < 1.29 is 23.8 Å². The van der Waals surface area contributed by atoms with E-state index in [-0.39, 0.29) is 12.4 Å². The first-order valence-corrected chi connectivity index (χ1v) is 9.48. The van der Waals surface area contributed by atoms with Gasteiger partial charge in [-0.2, -0.15) is 0 Å². The van der Waals surface area contributed by atoms with E-state index in [1.54, 1.807) is 7.11 Å². The minimum Gasteiger partial charge on any atom is -0.497 e. The standard InChI is InChI=1S/C22H26N2O5/c1-27-17-7-3-5-15(11-17)14-29-20-8-4-6-16-12-24(13-18(16)20)19(22(23)26)9-10-21(25)28-2/h3-8,11,19H,9-10,12-14H2,1-2H3,(H2,23,26). The molecule has 1 aliphatic rings. The van der Waals surface area contributed by atoms with Gasteiger partial charge in [-0.15, -0.1) is 0 Å². The minimum atomic E-state index is -0.535. The van der Waals surface area contributed by atoms with E-state index in [4.69, 9.17) is 15.2 Å². The summed E-state index contributed by atoms with van der Waals surface area (Å²) in [4.78, 5) is 25.4. The first-order valence-electron chi connectivity index (χ1n) is 9.48. The molecule has 2 N–H and O–H groups in total. The Labute approximate surface area is 170 Å². The summed E-state index contributed by atoms with van der Waals surface area (Å²) in [5.41, 5.74) is 8.74. The predicted octanol–water partition coefficient (Wildman–Crippen LogP) is 2.40. The van der Waals surface area contributed by atoms with Crippen molar-refractivity contribution in [1.29, 1.82) is 0 Å². The number of amides is 1. The van der Waals surface area contributed by atoms with E-state index in [0.717, 1.165) is 28.2 Å². The lowest BCUT2D eigenvalue weighted by Gasteiger charge is -2.24. The van der Waals surface area contributed by atoms with Gasteiger partial charge in [0, 0.05) is 25.1 Å². The highest BCUT2D eigenvalue weighted by molar-refractivity contribution is 5.81. The Balaban J connectivity index is 1.69. The van der Waals surface area contributed by atoms with Crippen LogP contribution in [-0.2, 0) is 34.0 Å². The van der Waals surface area contributed by atoms with E-state index >= 15 is 0 Å². The molecule has 0 aliphatic carbocycles. The molecule has 1 aliphatic heterocycles. The number of carbonyl (C=O) groups excluding carboxylic acids is 2. The van der Waals surface area contributed by atoms with Gasteiger partial charge >= 0.3 is 5.97 Å². The van der Waals surface area contributed by atoms with Crippen LogP contribution < -0.4 is 15.2 Å². The second-order valence-electron chi connectivity index (χ2n) is 6.97. The Morgan fingerprint density at radius 3 is 2.66 bits per heavy atom. The first kappa shape index (κ1) is 20.7. The summed E-state index contributed by atoms with van der Waals surface area (Å²) in [5.74, 6) is 0.769. The highest BCUT2D eigenvalue weighted by atomic mass is 16.5. The zero-order chi connectivity index (χ0) is 20.8. The Morgan fingerprint density at radius 1 is 1.14 bits per heavy atom. The molecule has 0 fully saturated rings. The van der Waals surface area contributed by atoms with Crippen molar-refractivity contribution >= 4 is 11.9 Å². The monoisotopic (exact) mass is 398 g/mol. The van der Waals surface area contributed by atoms with Crippen molar-refractivity contribution in [3.63, 3.8) is 0 Å². The van der Waals surface area contributed by atoms with Crippen molar-refractivity contribution in [3.05, 3.63) is 59.2 Å².